The number of rotatable bonds is 5. The SMILES string of the molecule is CCOC(=O)c1sc(SC)c(S(=O)(=O)c2ccccc2)c1N. The lowest BCUT2D eigenvalue weighted by molar-refractivity contribution is 0.0533. The minimum Gasteiger partial charge on any atom is -0.462 e. The highest BCUT2D eigenvalue weighted by Crippen LogP contribution is 2.42. The number of nitrogens with two attached hydrogens (primary N) is 1. The third-order valence-electron chi connectivity index (χ3n) is 2.84. The molecule has 0 fully saturated rings. The average Bonchev–Trinajstić information content (AvgIpc) is 2.86. The smallest absolute Gasteiger partial charge is 0.350 e. The van der Waals surface area contributed by atoms with Gasteiger partial charge in [0, 0.05) is 0 Å². The van der Waals surface area contributed by atoms with E-state index in [-0.39, 0.29) is 27.0 Å². The average molecular weight is 357 g/mol. The number of anilines is 1. The second-order valence-electron chi connectivity index (χ2n) is 4.20. The molecule has 2 N–H and O–H groups in total. The summed E-state index contributed by atoms with van der Waals surface area (Å²) in [6.45, 7) is 1.88. The predicted octanol–water partition coefficient (Wildman–Crippen LogP) is 3.06. The third-order valence-corrected chi connectivity index (χ3v) is 7.26. The zero-order valence-electron chi connectivity index (χ0n) is 12.0. The van der Waals surface area contributed by atoms with Gasteiger partial charge in [0.2, 0.25) is 9.84 Å². The van der Waals surface area contributed by atoms with Gasteiger partial charge in [0.15, 0.2) is 0 Å². The van der Waals surface area contributed by atoms with Gasteiger partial charge < -0.3 is 10.5 Å². The number of carbonyl (C=O) groups excluding carboxylic acids is 1. The van der Waals surface area contributed by atoms with Crippen LogP contribution in [-0.4, -0.2) is 27.2 Å². The number of sulfone groups is 1. The quantitative estimate of drug-likeness (QED) is 0.654. The third kappa shape index (κ3) is 2.99. The Hall–Kier alpha value is -1.51. The van der Waals surface area contributed by atoms with Crippen molar-refractivity contribution in [1.29, 1.82) is 0 Å². The molecule has 0 bridgehead atoms. The maximum absolute atomic E-state index is 12.8. The van der Waals surface area contributed by atoms with Crippen molar-refractivity contribution in [2.45, 2.75) is 20.9 Å². The predicted molar refractivity (Wildman–Crippen MR) is 88.4 cm³/mol. The van der Waals surface area contributed by atoms with E-state index in [1.165, 1.54) is 23.9 Å². The van der Waals surface area contributed by atoms with Crippen molar-refractivity contribution < 1.29 is 17.9 Å². The van der Waals surface area contributed by atoms with Crippen molar-refractivity contribution in [2.24, 2.45) is 0 Å². The summed E-state index contributed by atoms with van der Waals surface area (Å²) >= 11 is 2.28. The minimum atomic E-state index is -3.78. The van der Waals surface area contributed by atoms with E-state index in [9.17, 15) is 13.2 Å². The van der Waals surface area contributed by atoms with Gasteiger partial charge >= 0.3 is 5.97 Å². The number of esters is 1. The number of thiophene rings is 1. The Balaban J connectivity index is 2.63. The number of carbonyl (C=O) groups is 1. The fourth-order valence-electron chi connectivity index (χ4n) is 1.86. The summed E-state index contributed by atoms with van der Waals surface area (Å²) in [6, 6.07) is 8.01. The van der Waals surface area contributed by atoms with E-state index >= 15 is 0 Å². The lowest BCUT2D eigenvalue weighted by atomic mass is 10.4. The van der Waals surface area contributed by atoms with Gasteiger partial charge in [-0.25, -0.2) is 13.2 Å². The Labute approximate surface area is 137 Å². The molecule has 1 aromatic heterocycles. The van der Waals surface area contributed by atoms with Gasteiger partial charge in [0.25, 0.3) is 0 Å². The maximum Gasteiger partial charge on any atom is 0.350 e. The van der Waals surface area contributed by atoms with Crippen LogP contribution in [0.3, 0.4) is 0 Å². The Morgan fingerprint density at radius 3 is 2.50 bits per heavy atom. The molecule has 0 saturated heterocycles. The molecule has 0 aliphatic carbocycles. The van der Waals surface area contributed by atoms with E-state index in [1.54, 1.807) is 31.4 Å². The molecular weight excluding hydrogens is 342 g/mol. The molecule has 2 rings (SSSR count). The molecule has 0 spiro atoms. The number of hydrogen-bond donors (Lipinski definition) is 1. The van der Waals surface area contributed by atoms with E-state index in [0.717, 1.165) is 11.3 Å². The van der Waals surface area contributed by atoms with Crippen LogP contribution in [-0.2, 0) is 14.6 Å². The molecule has 0 atom stereocenters. The van der Waals surface area contributed by atoms with E-state index in [2.05, 4.69) is 0 Å². The van der Waals surface area contributed by atoms with Crippen molar-refractivity contribution >= 4 is 44.6 Å². The largest absolute Gasteiger partial charge is 0.462 e. The molecule has 0 amide bonds. The minimum absolute atomic E-state index is 0.0146. The second kappa shape index (κ2) is 6.72. The van der Waals surface area contributed by atoms with Crippen LogP contribution in [0.4, 0.5) is 5.69 Å². The Bertz CT molecular complexity index is 782. The first-order valence-electron chi connectivity index (χ1n) is 6.37. The Morgan fingerprint density at radius 2 is 1.95 bits per heavy atom. The van der Waals surface area contributed by atoms with Crippen molar-refractivity contribution in [3.8, 4) is 0 Å². The molecule has 118 valence electrons. The molecule has 5 nitrogen and oxygen atoms in total. The molecule has 2 aromatic rings. The maximum atomic E-state index is 12.8. The molecule has 0 aliphatic rings. The van der Waals surface area contributed by atoms with E-state index in [1.807, 2.05) is 0 Å². The molecule has 22 heavy (non-hydrogen) atoms. The monoisotopic (exact) mass is 357 g/mol. The van der Waals surface area contributed by atoms with Crippen LogP contribution in [0, 0.1) is 0 Å². The zero-order chi connectivity index (χ0) is 16.3. The highest BCUT2D eigenvalue weighted by Gasteiger charge is 2.31. The van der Waals surface area contributed by atoms with Crippen molar-refractivity contribution in [1.82, 2.24) is 0 Å². The van der Waals surface area contributed by atoms with Crippen LogP contribution >= 0.6 is 23.1 Å². The van der Waals surface area contributed by atoms with Gasteiger partial charge in [-0.15, -0.1) is 23.1 Å². The van der Waals surface area contributed by atoms with E-state index in [0.29, 0.717) is 4.21 Å². The van der Waals surface area contributed by atoms with Crippen LogP contribution < -0.4 is 5.73 Å². The highest BCUT2D eigenvalue weighted by molar-refractivity contribution is 8.01. The molecule has 0 aliphatic heterocycles. The lowest BCUT2D eigenvalue weighted by Gasteiger charge is -2.06. The molecule has 0 saturated carbocycles. The summed E-state index contributed by atoms with van der Waals surface area (Å²) in [5.74, 6) is -0.602. The van der Waals surface area contributed by atoms with Crippen LogP contribution in [0.2, 0.25) is 0 Å². The number of ether oxygens (including phenoxy) is 1. The fourth-order valence-corrected chi connectivity index (χ4v) is 5.94. The van der Waals surface area contributed by atoms with Crippen molar-refractivity contribution in [3.63, 3.8) is 0 Å². The van der Waals surface area contributed by atoms with E-state index < -0.39 is 15.8 Å². The highest BCUT2D eigenvalue weighted by atomic mass is 32.2. The standard InChI is InChI=1S/C14H15NO4S3/c1-3-19-13(16)11-10(15)12(14(20-2)21-11)22(17,18)9-7-5-4-6-8-9/h4-8H,3,15H2,1-2H3. The van der Waals surface area contributed by atoms with Crippen LogP contribution in [0.25, 0.3) is 0 Å². The first-order valence-corrected chi connectivity index (χ1v) is 9.89. The van der Waals surface area contributed by atoms with Gasteiger partial charge in [-0.05, 0) is 25.3 Å². The van der Waals surface area contributed by atoms with Gasteiger partial charge in [-0.1, -0.05) is 18.2 Å². The molecule has 1 heterocycles. The number of hydrogen-bond acceptors (Lipinski definition) is 7. The Kier molecular flexibility index (Phi) is 5.15. The summed E-state index contributed by atoms with van der Waals surface area (Å²) in [6.07, 6.45) is 1.74. The summed E-state index contributed by atoms with van der Waals surface area (Å²) in [7, 11) is -3.78. The number of nitrogen functional groups attached to an aromatic ring is 1. The van der Waals surface area contributed by atoms with Gasteiger partial charge in [-0.2, -0.15) is 0 Å². The second-order valence-corrected chi connectivity index (χ2v) is 8.18. The molecule has 1 aromatic carbocycles. The Morgan fingerprint density at radius 1 is 1.32 bits per heavy atom. The fraction of sp³-hybridized carbons (Fsp3) is 0.214. The number of thioether (sulfide) groups is 1. The summed E-state index contributed by atoms with van der Waals surface area (Å²) < 4.78 is 31.0. The van der Waals surface area contributed by atoms with E-state index in [4.69, 9.17) is 10.5 Å². The van der Waals surface area contributed by atoms with Crippen LogP contribution in [0.15, 0.2) is 44.3 Å². The summed E-state index contributed by atoms with van der Waals surface area (Å²) in [4.78, 5) is 12.2. The number of benzene rings is 1. The summed E-state index contributed by atoms with van der Waals surface area (Å²) in [5.41, 5.74) is 5.91. The molecular formula is C14H15NO4S3. The topological polar surface area (TPSA) is 86.5 Å². The van der Waals surface area contributed by atoms with Gasteiger partial charge in [-0.3, -0.25) is 0 Å². The zero-order valence-corrected chi connectivity index (χ0v) is 14.5. The first kappa shape index (κ1) is 16.9. The summed E-state index contributed by atoms with van der Waals surface area (Å²) in [5, 5.41) is 0. The molecule has 0 unspecified atom stereocenters. The molecule has 8 heteroatoms. The van der Waals surface area contributed by atoms with Gasteiger partial charge in [0.1, 0.15) is 9.77 Å². The van der Waals surface area contributed by atoms with Crippen molar-refractivity contribution in [3.05, 3.63) is 35.2 Å². The van der Waals surface area contributed by atoms with Gasteiger partial charge in [0.05, 0.1) is 21.4 Å². The first-order chi connectivity index (χ1) is 10.4. The van der Waals surface area contributed by atoms with Crippen LogP contribution in [0.5, 0.6) is 0 Å². The van der Waals surface area contributed by atoms with Crippen molar-refractivity contribution in [2.75, 3.05) is 18.6 Å². The van der Waals surface area contributed by atoms with Crippen LogP contribution in [0.1, 0.15) is 16.6 Å². The molecule has 0 radical (unpaired) electrons. The lowest BCUT2D eigenvalue weighted by Crippen LogP contribution is -2.08. The normalized spacial score (nSPS) is 11.4.